The van der Waals surface area contributed by atoms with E-state index in [1.807, 2.05) is 26.8 Å². The monoisotopic (exact) mass is 446 g/mol. The van der Waals surface area contributed by atoms with E-state index in [1.54, 1.807) is 16.4 Å². The fourth-order valence-corrected chi connectivity index (χ4v) is 4.94. The normalized spacial score (nSPS) is 15.2. The molecule has 1 amide bonds. The van der Waals surface area contributed by atoms with Gasteiger partial charge in [-0.2, -0.15) is 5.26 Å². The SMILES string of the molecule is CCCCCN1C(=O)C(=Cc2c(C)c(C#N)c(=O)n(CC)c2N(CC)CC)SC1=S. The molecule has 0 saturated carbocycles. The largest absolute Gasteiger partial charge is 0.358 e. The molecule has 0 aromatic carbocycles. The van der Waals surface area contributed by atoms with Crippen LogP contribution in [-0.2, 0) is 11.3 Å². The van der Waals surface area contributed by atoms with Crippen molar-refractivity contribution < 1.29 is 4.79 Å². The van der Waals surface area contributed by atoms with Crippen molar-refractivity contribution in [3.63, 3.8) is 0 Å². The molecule has 30 heavy (non-hydrogen) atoms. The molecule has 162 valence electrons. The van der Waals surface area contributed by atoms with Crippen molar-refractivity contribution in [3.8, 4) is 6.07 Å². The number of carbonyl (C=O) groups excluding carboxylic acids is 1. The maximum atomic E-state index is 13.0. The number of carbonyl (C=O) groups is 1. The molecule has 8 heteroatoms. The third kappa shape index (κ3) is 4.62. The van der Waals surface area contributed by atoms with Gasteiger partial charge in [-0.05, 0) is 45.8 Å². The molecule has 1 aliphatic heterocycles. The number of unbranched alkanes of at least 4 members (excludes halogenated alkanes) is 2. The van der Waals surface area contributed by atoms with E-state index < -0.39 is 0 Å². The fraction of sp³-hybridized carbons (Fsp3) is 0.545. The highest BCUT2D eigenvalue weighted by Crippen LogP contribution is 2.36. The van der Waals surface area contributed by atoms with Crippen LogP contribution in [0.5, 0.6) is 0 Å². The van der Waals surface area contributed by atoms with Gasteiger partial charge in [0.15, 0.2) is 0 Å². The van der Waals surface area contributed by atoms with Gasteiger partial charge in [0, 0.05) is 31.7 Å². The maximum absolute atomic E-state index is 13.0. The molecule has 0 radical (unpaired) electrons. The van der Waals surface area contributed by atoms with Crippen molar-refractivity contribution >= 4 is 46.1 Å². The number of rotatable bonds is 9. The molecule has 1 fully saturated rings. The summed E-state index contributed by atoms with van der Waals surface area (Å²) in [6, 6.07) is 2.06. The predicted octanol–water partition coefficient (Wildman–Crippen LogP) is 4.29. The summed E-state index contributed by atoms with van der Waals surface area (Å²) < 4.78 is 2.19. The number of hydrogen-bond acceptors (Lipinski definition) is 6. The Bertz CT molecular complexity index is 955. The molecule has 2 rings (SSSR count). The van der Waals surface area contributed by atoms with Crippen LogP contribution in [0, 0.1) is 18.3 Å². The van der Waals surface area contributed by atoms with E-state index in [-0.39, 0.29) is 17.0 Å². The summed E-state index contributed by atoms with van der Waals surface area (Å²) in [7, 11) is 0. The number of anilines is 1. The molecular formula is C22H30N4O2S2. The summed E-state index contributed by atoms with van der Waals surface area (Å²) in [5.41, 5.74) is 1.18. The Balaban J connectivity index is 2.66. The number of thiocarbonyl (C=S) groups is 1. The number of hydrogen-bond donors (Lipinski definition) is 0. The highest BCUT2D eigenvalue weighted by molar-refractivity contribution is 8.26. The van der Waals surface area contributed by atoms with Crippen LogP contribution in [0.1, 0.15) is 63.6 Å². The van der Waals surface area contributed by atoms with Gasteiger partial charge in [-0.25, -0.2) is 0 Å². The Morgan fingerprint density at radius 1 is 1.17 bits per heavy atom. The summed E-state index contributed by atoms with van der Waals surface area (Å²) in [4.78, 5) is 30.2. The van der Waals surface area contributed by atoms with Crippen LogP contribution in [0.15, 0.2) is 9.70 Å². The van der Waals surface area contributed by atoms with Crippen LogP contribution >= 0.6 is 24.0 Å². The molecule has 0 bridgehead atoms. The number of nitrogens with zero attached hydrogens (tertiary/aromatic N) is 4. The number of nitriles is 1. The van der Waals surface area contributed by atoms with Gasteiger partial charge >= 0.3 is 0 Å². The lowest BCUT2D eigenvalue weighted by molar-refractivity contribution is -0.122. The van der Waals surface area contributed by atoms with Crippen LogP contribution in [0.2, 0.25) is 0 Å². The Morgan fingerprint density at radius 3 is 2.37 bits per heavy atom. The second-order valence-corrected chi connectivity index (χ2v) is 8.79. The highest BCUT2D eigenvalue weighted by Gasteiger charge is 2.32. The predicted molar refractivity (Wildman–Crippen MR) is 129 cm³/mol. The zero-order chi connectivity index (χ0) is 22.4. The van der Waals surface area contributed by atoms with E-state index in [0.717, 1.165) is 30.6 Å². The molecule has 6 nitrogen and oxygen atoms in total. The number of pyridine rings is 1. The average Bonchev–Trinajstić information content (AvgIpc) is 2.99. The maximum Gasteiger partial charge on any atom is 0.270 e. The van der Waals surface area contributed by atoms with Crippen molar-refractivity contribution in [2.45, 2.75) is 60.4 Å². The zero-order valence-corrected chi connectivity index (χ0v) is 20.1. The summed E-state index contributed by atoms with van der Waals surface area (Å²) in [5, 5.41) is 9.61. The van der Waals surface area contributed by atoms with E-state index in [2.05, 4.69) is 17.9 Å². The Kier molecular flexibility index (Phi) is 8.68. The van der Waals surface area contributed by atoms with Gasteiger partial charge in [-0.1, -0.05) is 43.7 Å². The summed E-state index contributed by atoms with van der Waals surface area (Å²) in [5.74, 6) is 0.652. The fourth-order valence-electron chi connectivity index (χ4n) is 3.65. The molecule has 1 saturated heterocycles. The minimum atomic E-state index is -0.288. The molecule has 2 heterocycles. The van der Waals surface area contributed by atoms with Gasteiger partial charge in [0.2, 0.25) is 0 Å². The number of aromatic nitrogens is 1. The first kappa shape index (κ1) is 24.2. The Hall–Kier alpha value is -2.11. The van der Waals surface area contributed by atoms with E-state index in [1.165, 1.54) is 11.8 Å². The first-order valence-electron chi connectivity index (χ1n) is 10.5. The highest BCUT2D eigenvalue weighted by atomic mass is 32.2. The summed E-state index contributed by atoms with van der Waals surface area (Å²) in [6.45, 7) is 12.3. The lowest BCUT2D eigenvalue weighted by Crippen LogP contribution is -2.34. The van der Waals surface area contributed by atoms with Gasteiger partial charge in [0.25, 0.3) is 11.5 Å². The topological polar surface area (TPSA) is 69.3 Å². The molecular weight excluding hydrogens is 416 g/mol. The third-order valence-corrected chi connectivity index (χ3v) is 6.74. The van der Waals surface area contributed by atoms with Crippen LogP contribution in [0.4, 0.5) is 5.82 Å². The Labute approximate surface area is 188 Å². The lowest BCUT2D eigenvalue weighted by Gasteiger charge is -2.28. The van der Waals surface area contributed by atoms with Crippen LogP contribution in [0.25, 0.3) is 6.08 Å². The second-order valence-electron chi connectivity index (χ2n) is 7.11. The van der Waals surface area contributed by atoms with Gasteiger partial charge in [-0.3, -0.25) is 19.1 Å². The third-order valence-electron chi connectivity index (χ3n) is 5.36. The molecule has 0 atom stereocenters. The van der Waals surface area contributed by atoms with Crippen LogP contribution < -0.4 is 10.5 Å². The van der Waals surface area contributed by atoms with E-state index >= 15 is 0 Å². The smallest absolute Gasteiger partial charge is 0.270 e. The van der Waals surface area contributed by atoms with Crippen molar-refractivity contribution in [2.24, 2.45) is 0 Å². The average molecular weight is 447 g/mol. The lowest BCUT2D eigenvalue weighted by atomic mass is 10.0. The summed E-state index contributed by atoms with van der Waals surface area (Å²) in [6.07, 6.45) is 4.86. The number of thioether (sulfide) groups is 1. The molecule has 0 unspecified atom stereocenters. The van der Waals surface area contributed by atoms with Gasteiger partial charge in [0.1, 0.15) is 21.8 Å². The first-order valence-corrected chi connectivity index (χ1v) is 11.8. The minimum Gasteiger partial charge on any atom is -0.358 e. The van der Waals surface area contributed by atoms with Crippen molar-refractivity contribution in [3.05, 3.63) is 31.9 Å². The van der Waals surface area contributed by atoms with Crippen molar-refractivity contribution in [1.82, 2.24) is 9.47 Å². The van der Waals surface area contributed by atoms with Gasteiger partial charge in [-0.15, -0.1) is 0 Å². The number of amides is 1. The molecule has 0 N–H and O–H groups in total. The molecule has 0 aliphatic carbocycles. The van der Waals surface area contributed by atoms with E-state index in [4.69, 9.17) is 12.2 Å². The molecule has 1 aromatic rings. The second kappa shape index (κ2) is 10.8. The molecule has 1 aliphatic rings. The van der Waals surface area contributed by atoms with Crippen LogP contribution in [-0.4, -0.2) is 39.3 Å². The van der Waals surface area contributed by atoms with Crippen LogP contribution in [0.3, 0.4) is 0 Å². The summed E-state index contributed by atoms with van der Waals surface area (Å²) >= 11 is 6.74. The minimum absolute atomic E-state index is 0.0984. The van der Waals surface area contributed by atoms with E-state index in [9.17, 15) is 14.9 Å². The van der Waals surface area contributed by atoms with E-state index in [0.29, 0.717) is 41.0 Å². The molecule has 0 spiro atoms. The van der Waals surface area contributed by atoms with Gasteiger partial charge in [0.05, 0.1) is 4.91 Å². The van der Waals surface area contributed by atoms with Gasteiger partial charge < -0.3 is 4.90 Å². The quantitative estimate of drug-likeness (QED) is 0.320. The molecule has 1 aromatic heterocycles. The van der Waals surface area contributed by atoms with Crippen molar-refractivity contribution in [1.29, 1.82) is 5.26 Å². The first-order chi connectivity index (χ1) is 14.4. The zero-order valence-electron chi connectivity index (χ0n) is 18.4. The van der Waals surface area contributed by atoms with Crippen molar-refractivity contribution in [2.75, 3.05) is 24.5 Å². The standard InChI is InChI=1S/C22H30N4O2S2/c1-6-10-11-12-26-21(28)18(30-22(26)29)13-16-15(5)17(14-23)20(27)25(9-4)19(16)24(7-2)8-3/h13H,6-12H2,1-5H3. The Morgan fingerprint density at radius 2 is 1.83 bits per heavy atom.